The van der Waals surface area contributed by atoms with E-state index in [2.05, 4.69) is 0 Å². The molecule has 1 fully saturated rings. The van der Waals surface area contributed by atoms with Crippen LogP contribution in [0, 0.1) is 0 Å². The predicted molar refractivity (Wildman–Crippen MR) is 91.2 cm³/mol. The van der Waals surface area contributed by atoms with Crippen LogP contribution in [0.25, 0.3) is 10.2 Å². The summed E-state index contributed by atoms with van der Waals surface area (Å²) in [5, 5.41) is 1.70. The summed E-state index contributed by atoms with van der Waals surface area (Å²) in [7, 11) is 1.85. The summed E-state index contributed by atoms with van der Waals surface area (Å²) >= 11 is 3.38. The van der Waals surface area contributed by atoms with Crippen molar-refractivity contribution in [3.8, 4) is 0 Å². The monoisotopic (exact) mass is 336 g/mol. The van der Waals surface area contributed by atoms with Crippen molar-refractivity contribution in [2.75, 3.05) is 12.4 Å². The predicted octanol–water partition coefficient (Wildman–Crippen LogP) is 3.14. The standard InChI is InChI=1S/C16H20N2O2S2/c1-18-15(19)13-11-6-2-3-7-12(11)22-14(13)17-16(18)21-9-10-5-4-8-20-10/h10H,2-9H2,1H3/t10-/m0/s1. The summed E-state index contributed by atoms with van der Waals surface area (Å²) in [4.78, 5) is 19.9. The van der Waals surface area contributed by atoms with Crippen molar-refractivity contribution >= 4 is 33.3 Å². The van der Waals surface area contributed by atoms with Crippen LogP contribution in [-0.4, -0.2) is 28.0 Å². The Balaban J connectivity index is 1.70. The lowest BCUT2D eigenvalue weighted by molar-refractivity contribution is 0.129. The molecule has 0 N–H and O–H groups in total. The molecule has 2 aromatic rings. The van der Waals surface area contributed by atoms with E-state index in [0.717, 1.165) is 53.4 Å². The van der Waals surface area contributed by atoms with Gasteiger partial charge in [-0.15, -0.1) is 11.3 Å². The molecule has 1 aliphatic heterocycles. The molecule has 22 heavy (non-hydrogen) atoms. The van der Waals surface area contributed by atoms with Gasteiger partial charge in [0.15, 0.2) is 5.16 Å². The van der Waals surface area contributed by atoms with Gasteiger partial charge in [-0.2, -0.15) is 0 Å². The van der Waals surface area contributed by atoms with Crippen molar-refractivity contribution in [3.63, 3.8) is 0 Å². The number of nitrogens with zero attached hydrogens (tertiary/aromatic N) is 2. The largest absolute Gasteiger partial charge is 0.377 e. The topological polar surface area (TPSA) is 44.1 Å². The van der Waals surface area contributed by atoms with Crippen LogP contribution in [0.1, 0.15) is 36.1 Å². The van der Waals surface area contributed by atoms with Gasteiger partial charge in [0, 0.05) is 24.3 Å². The minimum atomic E-state index is 0.124. The summed E-state index contributed by atoms with van der Waals surface area (Å²) in [5.41, 5.74) is 1.40. The second-order valence-corrected chi connectivity index (χ2v) is 8.17. The normalized spacial score (nSPS) is 21.4. The molecule has 6 heteroatoms. The smallest absolute Gasteiger partial charge is 0.262 e. The Kier molecular flexibility index (Phi) is 4.00. The molecular formula is C16H20N2O2S2. The van der Waals surface area contributed by atoms with Crippen LogP contribution < -0.4 is 5.56 Å². The zero-order valence-corrected chi connectivity index (χ0v) is 14.4. The first-order chi connectivity index (χ1) is 10.7. The number of aromatic nitrogens is 2. The number of hydrogen-bond donors (Lipinski definition) is 0. The lowest BCUT2D eigenvalue weighted by Gasteiger charge is -2.12. The molecule has 0 spiro atoms. The lowest BCUT2D eigenvalue weighted by Crippen LogP contribution is -2.21. The Bertz CT molecular complexity index is 760. The molecule has 0 unspecified atom stereocenters. The summed E-state index contributed by atoms with van der Waals surface area (Å²) in [5.74, 6) is 0.886. The first-order valence-corrected chi connectivity index (χ1v) is 9.80. The third-order valence-corrected chi connectivity index (χ3v) is 6.93. The molecule has 2 aromatic heterocycles. The number of aryl methyl sites for hydroxylation is 2. The average molecular weight is 336 g/mol. The number of fused-ring (bicyclic) bond motifs is 3. The Labute approximate surface area is 137 Å². The molecule has 2 aliphatic rings. The van der Waals surface area contributed by atoms with Crippen molar-refractivity contribution in [1.29, 1.82) is 0 Å². The highest BCUT2D eigenvalue weighted by atomic mass is 32.2. The number of hydrogen-bond acceptors (Lipinski definition) is 5. The molecule has 0 aromatic carbocycles. The molecule has 0 amide bonds. The van der Waals surface area contributed by atoms with E-state index in [1.54, 1.807) is 27.7 Å². The number of thiophene rings is 1. The third kappa shape index (κ3) is 2.51. The molecule has 1 atom stereocenters. The Hall–Kier alpha value is -0.850. The second kappa shape index (κ2) is 5.98. The molecule has 0 radical (unpaired) electrons. The zero-order chi connectivity index (χ0) is 15.1. The van der Waals surface area contributed by atoms with E-state index in [9.17, 15) is 4.79 Å². The summed E-state index contributed by atoms with van der Waals surface area (Å²) < 4.78 is 7.39. The number of thioether (sulfide) groups is 1. The van der Waals surface area contributed by atoms with Crippen molar-refractivity contribution < 1.29 is 4.74 Å². The number of ether oxygens (including phenoxy) is 1. The SMILES string of the molecule is Cn1c(SC[C@@H]2CCCO2)nc2sc3c(c2c1=O)CCCC3. The van der Waals surface area contributed by atoms with E-state index in [4.69, 9.17) is 9.72 Å². The Morgan fingerprint density at radius 1 is 1.36 bits per heavy atom. The molecule has 0 bridgehead atoms. The van der Waals surface area contributed by atoms with Crippen LogP contribution in [-0.2, 0) is 24.6 Å². The van der Waals surface area contributed by atoms with Crippen LogP contribution >= 0.6 is 23.1 Å². The second-order valence-electron chi connectivity index (χ2n) is 6.10. The van der Waals surface area contributed by atoms with Crippen LogP contribution in [0.4, 0.5) is 0 Å². The molecule has 118 valence electrons. The van der Waals surface area contributed by atoms with E-state index < -0.39 is 0 Å². The highest BCUT2D eigenvalue weighted by Crippen LogP contribution is 2.34. The molecule has 4 nitrogen and oxygen atoms in total. The summed E-state index contributed by atoms with van der Waals surface area (Å²) in [6, 6.07) is 0. The summed E-state index contributed by atoms with van der Waals surface area (Å²) in [6.07, 6.45) is 7.16. The van der Waals surface area contributed by atoms with Gasteiger partial charge in [-0.1, -0.05) is 11.8 Å². The van der Waals surface area contributed by atoms with Gasteiger partial charge in [0.1, 0.15) is 4.83 Å². The molecule has 4 rings (SSSR count). The summed E-state index contributed by atoms with van der Waals surface area (Å²) in [6.45, 7) is 0.869. The molecule has 0 saturated carbocycles. The van der Waals surface area contributed by atoms with Gasteiger partial charge in [0.2, 0.25) is 0 Å². The van der Waals surface area contributed by atoms with Gasteiger partial charge >= 0.3 is 0 Å². The van der Waals surface area contributed by atoms with E-state index in [1.165, 1.54) is 23.3 Å². The van der Waals surface area contributed by atoms with Crippen LogP contribution in [0.2, 0.25) is 0 Å². The minimum absolute atomic E-state index is 0.124. The maximum Gasteiger partial charge on any atom is 0.262 e. The Morgan fingerprint density at radius 2 is 2.23 bits per heavy atom. The highest BCUT2D eigenvalue weighted by Gasteiger charge is 2.22. The zero-order valence-electron chi connectivity index (χ0n) is 12.8. The first-order valence-electron chi connectivity index (χ1n) is 7.99. The molecule has 3 heterocycles. The van der Waals surface area contributed by atoms with Crippen molar-refractivity contribution in [1.82, 2.24) is 9.55 Å². The fraction of sp³-hybridized carbons (Fsp3) is 0.625. The van der Waals surface area contributed by atoms with Crippen molar-refractivity contribution in [2.24, 2.45) is 7.05 Å². The van der Waals surface area contributed by atoms with Crippen LogP contribution in [0.3, 0.4) is 0 Å². The van der Waals surface area contributed by atoms with Gasteiger partial charge in [0.25, 0.3) is 5.56 Å². The van der Waals surface area contributed by atoms with E-state index in [-0.39, 0.29) is 5.56 Å². The Morgan fingerprint density at radius 3 is 3.05 bits per heavy atom. The quantitative estimate of drug-likeness (QED) is 0.638. The molecular weight excluding hydrogens is 316 g/mol. The van der Waals surface area contributed by atoms with Crippen molar-refractivity contribution in [2.45, 2.75) is 49.8 Å². The maximum absolute atomic E-state index is 12.8. The third-order valence-electron chi connectivity index (χ3n) is 4.58. The van der Waals surface area contributed by atoms with E-state index >= 15 is 0 Å². The van der Waals surface area contributed by atoms with Gasteiger partial charge in [-0.05, 0) is 44.1 Å². The first kappa shape index (κ1) is 14.7. The highest BCUT2D eigenvalue weighted by molar-refractivity contribution is 7.99. The molecule has 1 saturated heterocycles. The van der Waals surface area contributed by atoms with Gasteiger partial charge in [0.05, 0.1) is 11.5 Å². The average Bonchev–Trinajstić information content (AvgIpc) is 3.16. The minimum Gasteiger partial charge on any atom is -0.377 e. The fourth-order valence-corrected chi connectivity index (χ4v) is 5.68. The van der Waals surface area contributed by atoms with Crippen molar-refractivity contribution in [3.05, 3.63) is 20.8 Å². The van der Waals surface area contributed by atoms with Crippen LogP contribution in [0.5, 0.6) is 0 Å². The van der Waals surface area contributed by atoms with Crippen LogP contribution in [0.15, 0.2) is 9.95 Å². The molecule has 1 aliphatic carbocycles. The lowest BCUT2D eigenvalue weighted by atomic mass is 9.97. The van der Waals surface area contributed by atoms with Gasteiger partial charge < -0.3 is 4.74 Å². The number of rotatable bonds is 3. The van der Waals surface area contributed by atoms with Gasteiger partial charge in [-0.3, -0.25) is 9.36 Å². The van der Waals surface area contributed by atoms with Gasteiger partial charge in [-0.25, -0.2) is 4.98 Å². The van der Waals surface area contributed by atoms with E-state index in [0.29, 0.717) is 6.10 Å². The van der Waals surface area contributed by atoms with E-state index in [1.807, 2.05) is 7.05 Å². The fourth-order valence-electron chi connectivity index (χ4n) is 3.34. The maximum atomic E-state index is 12.8.